The van der Waals surface area contributed by atoms with Crippen molar-refractivity contribution < 1.29 is 14.6 Å². The van der Waals surface area contributed by atoms with Crippen LogP contribution >= 0.6 is 0 Å². The summed E-state index contributed by atoms with van der Waals surface area (Å²) in [5.74, 6) is 0.589. The zero-order chi connectivity index (χ0) is 12.7. The van der Waals surface area contributed by atoms with Crippen molar-refractivity contribution in [3.63, 3.8) is 0 Å². The standard InChI is InChI=1S/C13H23NO3/c1-13(2,6-4-7-15)10-14-9-11(16)12-5-3-8-17-12/h3,5,8,11,14-16H,4,6-7,9-10H2,1-2H3. The van der Waals surface area contributed by atoms with E-state index in [1.807, 2.05) is 0 Å². The first-order chi connectivity index (χ1) is 8.05. The molecule has 0 aliphatic carbocycles. The zero-order valence-corrected chi connectivity index (χ0v) is 10.6. The predicted molar refractivity (Wildman–Crippen MR) is 66.6 cm³/mol. The van der Waals surface area contributed by atoms with Crippen LogP contribution in [-0.4, -0.2) is 29.9 Å². The van der Waals surface area contributed by atoms with E-state index in [1.165, 1.54) is 0 Å². The van der Waals surface area contributed by atoms with Crippen LogP contribution in [0.1, 0.15) is 38.6 Å². The molecule has 4 heteroatoms. The SMILES string of the molecule is CC(C)(CCCO)CNCC(O)c1ccco1. The van der Waals surface area contributed by atoms with E-state index >= 15 is 0 Å². The highest BCUT2D eigenvalue weighted by Gasteiger charge is 2.18. The Labute approximate surface area is 103 Å². The van der Waals surface area contributed by atoms with Gasteiger partial charge in [0.25, 0.3) is 0 Å². The van der Waals surface area contributed by atoms with Crippen LogP contribution in [0.15, 0.2) is 22.8 Å². The first-order valence-electron chi connectivity index (χ1n) is 6.08. The largest absolute Gasteiger partial charge is 0.467 e. The van der Waals surface area contributed by atoms with E-state index in [2.05, 4.69) is 19.2 Å². The lowest BCUT2D eigenvalue weighted by molar-refractivity contribution is 0.141. The lowest BCUT2D eigenvalue weighted by Gasteiger charge is -2.25. The van der Waals surface area contributed by atoms with Gasteiger partial charge < -0.3 is 19.9 Å². The van der Waals surface area contributed by atoms with Gasteiger partial charge in [-0.15, -0.1) is 0 Å². The minimum Gasteiger partial charge on any atom is -0.467 e. The summed E-state index contributed by atoms with van der Waals surface area (Å²) in [6.45, 7) is 5.82. The Balaban J connectivity index is 2.23. The fourth-order valence-electron chi connectivity index (χ4n) is 1.77. The number of hydrogen-bond donors (Lipinski definition) is 3. The van der Waals surface area contributed by atoms with Crippen molar-refractivity contribution in [2.75, 3.05) is 19.7 Å². The Hall–Kier alpha value is -0.840. The maximum Gasteiger partial charge on any atom is 0.133 e. The molecule has 0 aromatic carbocycles. The Bertz CT molecular complexity index is 296. The van der Waals surface area contributed by atoms with Gasteiger partial charge in [0.15, 0.2) is 0 Å². The Kier molecular flexibility index (Phi) is 5.68. The number of furan rings is 1. The van der Waals surface area contributed by atoms with Gasteiger partial charge in [0.05, 0.1) is 6.26 Å². The van der Waals surface area contributed by atoms with Crippen LogP contribution in [0.25, 0.3) is 0 Å². The summed E-state index contributed by atoms with van der Waals surface area (Å²) in [5, 5.41) is 21.8. The van der Waals surface area contributed by atoms with Crippen molar-refractivity contribution >= 4 is 0 Å². The highest BCUT2D eigenvalue weighted by molar-refractivity contribution is 5.02. The lowest BCUT2D eigenvalue weighted by Crippen LogP contribution is -2.32. The summed E-state index contributed by atoms with van der Waals surface area (Å²) in [6.07, 6.45) is 2.74. The molecule has 1 atom stereocenters. The van der Waals surface area contributed by atoms with Crippen LogP contribution in [0.5, 0.6) is 0 Å². The van der Waals surface area contributed by atoms with Crippen molar-refractivity contribution in [3.05, 3.63) is 24.2 Å². The fourth-order valence-corrected chi connectivity index (χ4v) is 1.77. The number of hydrogen-bond acceptors (Lipinski definition) is 4. The van der Waals surface area contributed by atoms with Crippen LogP contribution in [0.4, 0.5) is 0 Å². The molecule has 1 rings (SSSR count). The molecule has 1 heterocycles. The van der Waals surface area contributed by atoms with Gasteiger partial charge in [-0.1, -0.05) is 13.8 Å². The third kappa shape index (κ3) is 5.35. The number of nitrogens with one attached hydrogen (secondary N) is 1. The average Bonchev–Trinajstić information content (AvgIpc) is 2.79. The van der Waals surface area contributed by atoms with Crippen LogP contribution in [0, 0.1) is 5.41 Å². The summed E-state index contributed by atoms with van der Waals surface area (Å²) < 4.78 is 5.12. The molecule has 1 aromatic heterocycles. The monoisotopic (exact) mass is 241 g/mol. The molecule has 17 heavy (non-hydrogen) atoms. The van der Waals surface area contributed by atoms with Crippen molar-refractivity contribution in [2.45, 2.75) is 32.8 Å². The Morgan fingerprint density at radius 2 is 2.24 bits per heavy atom. The molecule has 0 aliphatic heterocycles. The molecule has 4 nitrogen and oxygen atoms in total. The van der Waals surface area contributed by atoms with Gasteiger partial charge in [0.2, 0.25) is 0 Å². The van der Waals surface area contributed by atoms with Crippen LogP contribution in [-0.2, 0) is 0 Å². The normalized spacial score (nSPS) is 13.9. The van der Waals surface area contributed by atoms with E-state index in [0.717, 1.165) is 19.4 Å². The van der Waals surface area contributed by atoms with E-state index in [0.29, 0.717) is 12.3 Å². The van der Waals surface area contributed by atoms with Crippen molar-refractivity contribution in [2.24, 2.45) is 5.41 Å². The van der Waals surface area contributed by atoms with Crippen molar-refractivity contribution in [1.29, 1.82) is 0 Å². The van der Waals surface area contributed by atoms with Gasteiger partial charge in [-0.2, -0.15) is 0 Å². The molecule has 1 unspecified atom stereocenters. The highest BCUT2D eigenvalue weighted by atomic mass is 16.4. The van der Waals surface area contributed by atoms with Crippen LogP contribution in [0.3, 0.4) is 0 Å². The van der Waals surface area contributed by atoms with Gasteiger partial charge >= 0.3 is 0 Å². The highest BCUT2D eigenvalue weighted by Crippen LogP contribution is 2.21. The molecule has 3 N–H and O–H groups in total. The van der Waals surface area contributed by atoms with E-state index in [9.17, 15) is 5.11 Å². The van der Waals surface area contributed by atoms with Gasteiger partial charge in [-0.3, -0.25) is 0 Å². The summed E-state index contributed by atoms with van der Waals surface area (Å²) in [5.41, 5.74) is 0.131. The van der Waals surface area contributed by atoms with E-state index in [-0.39, 0.29) is 12.0 Å². The van der Waals surface area contributed by atoms with Crippen molar-refractivity contribution in [1.82, 2.24) is 5.32 Å². The van der Waals surface area contributed by atoms with Crippen LogP contribution < -0.4 is 5.32 Å². The smallest absolute Gasteiger partial charge is 0.133 e. The average molecular weight is 241 g/mol. The van der Waals surface area contributed by atoms with Crippen LogP contribution in [0.2, 0.25) is 0 Å². The van der Waals surface area contributed by atoms with Gasteiger partial charge in [0, 0.05) is 19.7 Å². The second-order valence-corrected chi connectivity index (χ2v) is 5.15. The second-order valence-electron chi connectivity index (χ2n) is 5.15. The molecule has 0 fully saturated rings. The summed E-state index contributed by atoms with van der Waals surface area (Å²) in [6, 6.07) is 3.53. The quantitative estimate of drug-likeness (QED) is 0.648. The van der Waals surface area contributed by atoms with E-state index in [4.69, 9.17) is 9.52 Å². The molecular formula is C13H23NO3. The summed E-state index contributed by atoms with van der Waals surface area (Å²) in [4.78, 5) is 0. The van der Waals surface area contributed by atoms with Gasteiger partial charge in [-0.25, -0.2) is 0 Å². The molecule has 0 bridgehead atoms. The van der Waals surface area contributed by atoms with Crippen molar-refractivity contribution in [3.8, 4) is 0 Å². The van der Waals surface area contributed by atoms with Gasteiger partial charge in [-0.05, 0) is 30.4 Å². The molecule has 1 aromatic rings. The minimum absolute atomic E-state index is 0.131. The number of aliphatic hydroxyl groups is 2. The van der Waals surface area contributed by atoms with Gasteiger partial charge in [0.1, 0.15) is 11.9 Å². The maximum atomic E-state index is 9.79. The van der Waals surface area contributed by atoms with E-state index < -0.39 is 6.10 Å². The molecule has 0 radical (unpaired) electrons. The Morgan fingerprint density at radius 3 is 2.82 bits per heavy atom. The molecule has 0 spiro atoms. The number of rotatable bonds is 8. The second kappa shape index (κ2) is 6.79. The topological polar surface area (TPSA) is 65.6 Å². The van der Waals surface area contributed by atoms with E-state index in [1.54, 1.807) is 18.4 Å². The first kappa shape index (κ1) is 14.2. The summed E-state index contributed by atoms with van der Waals surface area (Å²) in [7, 11) is 0. The number of aliphatic hydroxyl groups excluding tert-OH is 2. The molecule has 0 saturated heterocycles. The minimum atomic E-state index is -0.598. The predicted octanol–water partition coefficient (Wildman–Crippen LogP) is 1.70. The maximum absolute atomic E-state index is 9.79. The molecular weight excluding hydrogens is 218 g/mol. The molecule has 0 amide bonds. The summed E-state index contributed by atoms with van der Waals surface area (Å²) >= 11 is 0. The molecule has 0 aliphatic rings. The third-order valence-electron chi connectivity index (χ3n) is 2.82. The molecule has 0 saturated carbocycles. The zero-order valence-electron chi connectivity index (χ0n) is 10.6. The molecule has 98 valence electrons. The first-order valence-corrected chi connectivity index (χ1v) is 6.08. The fraction of sp³-hybridized carbons (Fsp3) is 0.692. The Morgan fingerprint density at radius 1 is 1.47 bits per heavy atom. The lowest BCUT2D eigenvalue weighted by atomic mass is 9.88. The third-order valence-corrected chi connectivity index (χ3v) is 2.82.